The van der Waals surface area contributed by atoms with Gasteiger partial charge in [0.2, 0.25) is 0 Å². The first-order valence-electron chi connectivity index (χ1n) is 6.33. The first kappa shape index (κ1) is 14.7. The van der Waals surface area contributed by atoms with E-state index < -0.39 is 5.97 Å². The Morgan fingerprint density at radius 2 is 2.05 bits per heavy atom. The lowest BCUT2D eigenvalue weighted by Crippen LogP contribution is -3.06. The molecule has 0 atom stereocenters. The highest BCUT2D eigenvalue weighted by molar-refractivity contribution is 7.20. The van der Waals surface area contributed by atoms with Gasteiger partial charge in [-0.3, -0.25) is 9.36 Å². The Kier molecular flexibility index (Phi) is 3.92. The number of aromatic nitrogens is 2. The second kappa shape index (κ2) is 5.34. The van der Waals surface area contributed by atoms with Crippen molar-refractivity contribution in [3.05, 3.63) is 26.6 Å². The molecule has 0 saturated heterocycles. The molecule has 0 aliphatic rings. The van der Waals surface area contributed by atoms with Crippen molar-refractivity contribution in [1.82, 2.24) is 9.55 Å². The topological polar surface area (TPSA) is 79.5 Å². The van der Waals surface area contributed by atoms with Gasteiger partial charge in [-0.25, -0.2) is 4.98 Å². The summed E-state index contributed by atoms with van der Waals surface area (Å²) in [6.45, 7) is 4.75. The number of quaternary nitrogens is 1. The summed E-state index contributed by atoms with van der Waals surface area (Å²) in [6, 6.07) is 0. The summed E-state index contributed by atoms with van der Waals surface area (Å²) in [7, 11) is 4.02. The van der Waals surface area contributed by atoms with E-state index >= 15 is 0 Å². The van der Waals surface area contributed by atoms with Gasteiger partial charge in [0.15, 0.2) is 0 Å². The molecule has 0 aliphatic carbocycles. The average molecular weight is 295 g/mol. The molecular weight excluding hydrogens is 278 g/mol. The molecule has 7 heteroatoms. The molecule has 0 saturated carbocycles. The summed E-state index contributed by atoms with van der Waals surface area (Å²) in [5.41, 5.74) is 0.281. The molecular formula is C13H17N3O3S. The van der Waals surface area contributed by atoms with Crippen LogP contribution in [0.4, 0.5) is 0 Å². The molecule has 20 heavy (non-hydrogen) atoms. The van der Waals surface area contributed by atoms with E-state index in [2.05, 4.69) is 4.98 Å². The van der Waals surface area contributed by atoms with Crippen LogP contribution in [0.5, 0.6) is 0 Å². The average Bonchev–Trinajstić information content (AvgIpc) is 2.65. The molecule has 2 aromatic heterocycles. The van der Waals surface area contributed by atoms with E-state index in [1.807, 2.05) is 14.1 Å². The van der Waals surface area contributed by atoms with Gasteiger partial charge < -0.3 is 14.8 Å². The summed E-state index contributed by atoms with van der Waals surface area (Å²) in [4.78, 5) is 29.7. The molecule has 0 aromatic carbocycles. The Hall–Kier alpha value is -1.73. The number of carboxylic acids is 1. The fourth-order valence-corrected chi connectivity index (χ4v) is 3.16. The van der Waals surface area contributed by atoms with Gasteiger partial charge in [-0.1, -0.05) is 0 Å². The predicted octanol–water partition coefficient (Wildman–Crippen LogP) is -1.42. The highest BCUT2D eigenvalue weighted by Crippen LogP contribution is 2.26. The van der Waals surface area contributed by atoms with Gasteiger partial charge in [0, 0.05) is 0 Å². The molecule has 2 rings (SSSR count). The second-order valence-corrected chi connectivity index (χ2v) is 6.10. The van der Waals surface area contributed by atoms with Gasteiger partial charge in [0.1, 0.15) is 10.7 Å². The number of carbonyl (C=O) groups is 1. The molecule has 0 aliphatic heterocycles. The molecule has 1 N–H and O–H groups in total. The number of thiophene rings is 1. The van der Waals surface area contributed by atoms with Crippen LogP contribution in [0, 0.1) is 13.8 Å². The van der Waals surface area contributed by atoms with Crippen LogP contribution in [-0.2, 0) is 6.54 Å². The molecule has 0 bridgehead atoms. The smallest absolute Gasteiger partial charge is 0.262 e. The summed E-state index contributed by atoms with van der Waals surface area (Å²) in [5, 5.41) is 11.4. The molecule has 0 radical (unpaired) electrons. The number of likely N-dealkylation sites (N-methyl/N-ethyl adjacent to an activating group) is 1. The maximum atomic E-state index is 12.5. The summed E-state index contributed by atoms with van der Waals surface area (Å²) in [6.07, 6.45) is 0. The zero-order chi connectivity index (χ0) is 15.0. The maximum Gasteiger partial charge on any atom is 0.262 e. The van der Waals surface area contributed by atoms with Crippen molar-refractivity contribution in [1.29, 1.82) is 0 Å². The van der Waals surface area contributed by atoms with Crippen molar-refractivity contribution < 1.29 is 14.8 Å². The monoisotopic (exact) mass is 295 g/mol. The third-order valence-electron chi connectivity index (χ3n) is 3.26. The van der Waals surface area contributed by atoms with Crippen LogP contribution in [0.15, 0.2) is 4.79 Å². The number of rotatable bonds is 4. The van der Waals surface area contributed by atoms with Gasteiger partial charge >= 0.3 is 0 Å². The van der Waals surface area contributed by atoms with Crippen LogP contribution in [0.3, 0.4) is 0 Å². The van der Waals surface area contributed by atoms with Crippen LogP contribution in [0.2, 0.25) is 0 Å². The van der Waals surface area contributed by atoms with Gasteiger partial charge in [0.25, 0.3) is 5.56 Å². The van der Waals surface area contributed by atoms with Crippen LogP contribution < -0.4 is 15.6 Å². The number of hydrogen-bond donors (Lipinski definition) is 1. The van der Waals surface area contributed by atoms with Crippen molar-refractivity contribution >= 4 is 27.5 Å². The number of carbonyl (C=O) groups excluding carboxylic acids is 1. The Balaban J connectivity index is 2.65. The Morgan fingerprint density at radius 3 is 2.60 bits per heavy atom. The quantitative estimate of drug-likeness (QED) is 0.751. The predicted molar refractivity (Wildman–Crippen MR) is 75.4 cm³/mol. The summed E-state index contributed by atoms with van der Waals surface area (Å²) >= 11 is 1.00. The zero-order valence-corrected chi connectivity index (χ0v) is 12.8. The van der Waals surface area contributed by atoms with Crippen molar-refractivity contribution in [3.8, 4) is 0 Å². The number of nitrogens with one attached hydrogen (secondary N) is 1. The Bertz CT molecular complexity index is 731. The molecule has 2 aromatic rings. The third kappa shape index (κ3) is 2.46. The largest absolute Gasteiger partial charge is 0.544 e. The number of aromatic carboxylic acids is 1. The maximum absolute atomic E-state index is 12.5. The Morgan fingerprint density at radius 1 is 1.40 bits per heavy atom. The standard InChI is InChI=1S/C13H17N3O3S/c1-7-9-11(20-10(7)13(18)19)14-8(2)16(12(9)17)6-5-15(3)4/h5-6H2,1-4H3,(H,18,19). The van der Waals surface area contributed by atoms with Crippen molar-refractivity contribution in [3.63, 3.8) is 0 Å². The lowest BCUT2D eigenvalue weighted by molar-refractivity contribution is -0.858. The van der Waals surface area contributed by atoms with Crippen LogP contribution in [0.25, 0.3) is 10.2 Å². The van der Waals surface area contributed by atoms with Crippen molar-refractivity contribution in [2.24, 2.45) is 0 Å². The third-order valence-corrected chi connectivity index (χ3v) is 4.43. The second-order valence-electron chi connectivity index (χ2n) is 5.10. The SMILES string of the molecule is Cc1c(C(=O)[O-])sc2nc(C)n(CC[NH+](C)C)c(=O)c12. The van der Waals surface area contributed by atoms with Gasteiger partial charge in [-0.05, 0) is 19.4 Å². The summed E-state index contributed by atoms with van der Waals surface area (Å²) < 4.78 is 1.61. The van der Waals surface area contributed by atoms with E-state index in [0.717, 1.165) is 17.9 Å². The molecule has 0 fully saturated rings. The van der Waals surface area contributed by atoms with Crippen LogP contribution in [0.1, 0.15) is 21.1 Å². The van der Waals surface area contributed by atoms with Gasteiger partial charge in [-0.2, -0.15) is 0 Å². The molecule has 6 nitrogen and oxygen atoms in total. The van der Waals surface area contributed by atoms with Gasteiger partial charge in [0.05, 0.1) is 43.4 Å². The molecule has 0 unspecified atom stereocenters. The lowest BCUT2D eigenvalue weighted by Gasteiger charge is -2.11. The minimum atomic E-state index is -1.26. The molecule has 0 amide bonds. The minimum absolute atomic E-state index is 0.0833. The zero-order valence-electron chi connectivity index (χ0n) is 11.9. The van der Waals surface area contributed by atoms with E-state index in [4.69, 9.17) is 0 Å². The lowest BCUT2D eigenvalue weighted by atomic mass is 10.2. The van der Waals surface area contributed by atoms with E-state index in [1.165, 1.54) is 4.90 Å². The van der Waals surface area contributed by atoms with Crippen LogP contribution >= 0.6 is 11.3 Å². The normalized spacial score (nSPS) is 11.4. The fourth-order valence-electron chi connectivity index (χ4n) is 2.11. The van der Waals surface area contributed by atoms with Crippen molar-refractivity contribution in [2.45, 2.75) is 20.4 Å². The number of nitrogens with zero attached hydrogens (tertiary/aromatic N) is 2. The van der Waals surface area contributed by atoms with Gasteiger partial charge in [-0.15, -0.1) is 11.3 Å². The first-order chi connectivity index (χ1) is 9.32. The molecule has 2 heterocycles. The van der Waals surface area contributed by atoms with E-state index in [-0.39, 0.29) is 10.4 Å². The summed E-state index contributed by atoms with van der Waals surface area (Å²) in [5.74, 6) is -0.651. The fraction of sp³-hybridized carbons (Fsp3) is 0.462. The van der Waals surface area contributed by atoms with E-state index in [1.54, 1.807) is 18.4 Å². The Labute approximate surface area is 120 Å². The number of hydrogen-bond acceptors (Lipinski definition) is 5. The number of carboxylic acid groups (broad SMARTS) is 1. The van der Waals surface area contributed by atoms with Crippen molar-refractivity contribution in [2.75, 3.05) is 20.6 Å². The van der Waals surface area contributed by atoms with E-state index in [0.29, 0.717) is 28.1 Å². The highest BCUT2D eigenvalue weighted by atomic mass is 32.1. The minimum Gasteiger partial charge on any atom is -0.544 e. The molecule has 108 valence electrons. The molecule has 0 spiro atoms. The van der Waals surface area contributed by atoms with Crippen LogP contribution in [-0.4, -0.2) is 36.2 Å². The highest BCUT2D eigenvalue weighted by Gasteiger charge is 2.17. The first-order valence-corrected chi connectivity index (χ1v) is 7.15. The number of fused-ring (bicyclic) bond motifs is 1. The van der Waals surface area contributed by atoms with E-state index in [9.17, 15) is 14.7 Å². The number of aryl methyl sites for hydroxylation is 2.